The maximum Gasteiger partial charge on any atom is 0.354 e. The number of fused-ring (bicyclic) bond motifs is 3. The number of aromatic nitrogens is 2. The number of carboxylic acids is 1. The fourth-order valence-electron chi connectivity index (χ4n) is 6.10. The van der Waals surface area contributed by atoms with Crippen LogP contribution < -0.4 is 4.74 Å². The minimum Gasteiger partial charge on any atom is -0.496 e. The van der Waals surface area contributed by atoms with Gasteiger partial charge in [-0.05, 0) is 68.9 Å². The highest BCUT2D eigenvalue weighted by atomic mass is 16.5. The van der Waals surface area contributed by atoms with Crippen molar-refractivity contribution in [1.82, 2.24) is 14.9 Å². The Hall–Kier alpha value is -2.90. The minimum atomic E-state index is -1.00. The number of piperidine rings is 1. The van der Waals surface area contributed by atoms with E-state index < -0.39 is 5.97 Å². The number of rotatable bonds is 7. The standard InChI is InChI=1S/C26H31N3O4/c1-4-33-19-12-18-7-9-26(13-19,17-5-6-22(25(30)31)28-14-17)29(18)15-21-20-8-10-27-24(20)16(2)11-23(21)32-3/h5-6,8,10-11,14,18-19,27H,4,7,9,12-13,15H2,1-3H3,(H,30,31)/t18?,19-,26?/m0/s1. The molecule has 3 atom stereocenters. The Kier molecular flexibility index (Phi) is 5.62. The summed E-state index contributed by atoms with van der Waals surface area (Å²) < 4.78 is 12.0. The number of H-pyrrole nitrogens is 1. The lowest BCUT2D eigenvalue weighted by Gasteiger charge is -2.48. The van der Waals surface area contributed by atoms with Crippen LogP contribution in [0, 0.1) is 6.92 Å². The molecule has 2 fully saturated rings. The van der Waals surface area contributed by atoms with Gasteiger partial charge < -0.3 is 19.6 Å². The number of carbonyl (C=O) groups is 1. The number of methoxy groups -OCH3 is 1. The molecule has 1 aromatic carbocycles. The lowest BCUT2D eigenvalue weighted by atomic mass is 9.80. The molecule has 0 spiro atoms. The van der Waals surface area contributed by atoms with Gasteiger partial charge in [-0.15, -0.1) is 0 Å². The number of hydrogen-bond donors (Lipinski definition) is 2. The van der Waals surface area contributed by atoms with Crippen molar-refractivity contribution in [3.63, 3.8) is 0 Å². The second-order valence-electron chi connectivity index (χ2n) is 9.25. The van der Waals surface area contributed by atoms with Gasteiger partial charge in [-0.25, -0.2) is 9.78 Å². The fourth-order valence-corrected chi connectivity index (χ4v) is 6.10. The number of aryl methyl sites for hydroxylation is 1. The number of nitrogens with zero attached hydrogens (tertiary/aromatic N) is 2. The molecule has 0 saturated carbocycles. The number of hydrogen-bond acceptors (Lipinski definition) is 5. The first-order valence-electron chi connectivity index (χ1n) is 11.7. The van der Waals surface area contributed by atoms with Gasteiger partial charge in [-0.3, -0.25) is 4.90 Å². The Balaban J connectivity index is 1.59. The minimum absolute atomic E-state index is 0.0719. The molecule has 0 amide bonds. The number of benzene rings is 1. The Morgan fingerprint density at radius 1 is 1.36 bits per heavy atom. The van der Waals surface area contributed by atoms with Crippen LogP contribution >= 0.6 is 0 Å². The van der Waals surface area contributed by atoms with Crippen LogP contribution in [0.4, 0.5) is 0 Å². The van der Waals surface area contributed by atoms with E-state index >= 15 is 0 Å². The van der Waals surface area contributed by atoms with Crippen LogP contribution in [0.2, 0.25) is 0 Å². The number of ether oxygens (including phenoxy) is 2. The van der Waals surface area contributed by atoms with Crippen LogP contribution in [-0.4, -0.2) is 51.8 Å². The van der Waals surface area contributed by atoms with E-state index in [1.807, 2.05) is 19.2 Å². The van der Waals surface area contributed by atoms with Gasteiger partial charge >= 0.3 is 5.97 Å². The SMILES string of the molecule is CCO[C@H]1CC2CCC(c3ccc(C(=O)O)nc3)(C1)N2Cc1c(OC)cc(C)c2[nH]ccc12. The molecule has 4 heterocycles. The molecule has 7 nitrogen and oxygen atoms in total. The summed E-state index contributed by atoms with van der Waals surface area (Å²) in [6.45, 7) is 5.59. The molecule has 2 unspecified atom stereocenters. The van der Waals surface area contributed by atoms with E-state index in [2.05, 4.69) is 33.9 Å². The van der Waals surface area contributed by atoms with Crippen molar-refractivity contribution < 1.29 is 19.4 Å². The van der Waals surface area contributed by atoms with Crippen molar-refractivity contribution in [2.24, 2.45) is 0 Å². The molecule has 5 rings (SSSR count). The Labute approximate surface area is 193 Å². The van der Waals surface area contributed by atoms with Gasteiger partial charge in [0.1, 0.15) is 11.4 Å². The predicted octanol–water partition coefficient (Wildman–Crippen LogP) is 4.64. The van der Waals surface area contributed by atoms with E-state index in [1.54, 1.807) is 19.4 Å². The summed E-state index contributed by atoms with van der Waals surface area (Å²) in [6.07, 6.45) is 7.88. The molecule has 2 aliphatic rings. The van der Waals surface area contributed by atoms with E-state index in [9.17, 15) is 9.90 Å². The van der Waals surface area contributed by atoms with E-state index in [-0.39, 0.29) is 17.3 Å². The average molecular weight is 450 g/mol. The first-order valence-corrected chi connectivity index (χ1v) is 11.7. The van der Waals surface area contributed by atoms with E-state index in [4.69, 9.17) is 9.47 Å². The zero-order valence-corrected chi connectivity index (χ0v) is 19.4. The van der Waals surface area contributed by atoms with E-state index in [0.29, 0.717) is 12.6 Å². The molecular weight excluding hydrogens is 418 g/mol. The fraction of sp³-hybridized carbons (Fsp3) is 0.462. The third-order valence-corrected chi connectivity index (χ3v) is 7.56. The van der Waals surface area contributed by atoms with Crippen molar-refractivity contribution in [1.29, 1.82) is 0 Å². The second kappa shape index (κ2) is 8.47. The van der Waals surface area contributed by atoms with E-state index in [1.165, 1.54) is 10.9 Å². The molecule has 2 bridgehead atoms. The van der Waals surface area contributed by atoms with E-state index in [0.717, 1.165) is 54.6 Å². The molecule has 0 aliphatic carbocycles. The zero-order chi connectivity index (χ0) is 23.2. The van der Waals surface area contributed by atoms with Crippen LogP contribution in [-0.2, 0) is 16.8 Å². The topological polar surface area (TPSA) is 87.7 Å². The quantitative estimate of drug-likeness (QED) is 0.547. The highest BCUT2D eigenvalue weighted by molar-refractivity contribution is 5.88. The number of aromatic carboxylic acids is 1. The van der Waals surface area contributed by atoms with Crippen molar-refractivity contribution in [3.8, 4) is 5.75 Å². The van der Waals surface area contributed by atoms with Crippen molar-refractivity contribution in [3.05, 3.63) is 59.0 Å². The summed E-state index contributed by atoms with van der Waals surface area (Å²) in [5.74, 6) is -0.101. The van der Waals surface area contributed by atoms with Crippen molar-refractivity contribution in [2.75, 3.05) is 13.7 Å². The molecule has 2 aliphatic heterocycles. The first-order chi connectivity index (χ1) is 16.0. The lowest BCUT2D eigenvalue weighted by molar-refractivity contribution is -0.0594. The lowest BCUT2D eigenvalue weighted by Crippen LogP contribution is -2.52. The van der Waals surface area contributed by atoms with Crippen LogP contribution in [0.25, 0.3) is 10.9 Å². The van der Waals surface area contributed by atoms with Crippen molar-refractivity contribution >= 4 is 16.9 Å². The van der Waals surface area contributed by atoms with Gasteiger partial charge in [0.2, 0.25) is 0 Å². The maximum absolute atomic E-state index is 11.4. The highest BCUT2D eigenvalue weighted by Gasteiger charge is 2.53. The summed E-state index contributed by atoms with van der Waals surface area (Å²) in [7, 11) is 1.73. The number of aromatic amines is 1. The normalized spacial score (nSPS) is 24.9. The highest BCUT2D eigenvalue weighted by Crippen LogP contribution is 2.52. The zero-order valence-electron chi connectivity index (χ0n) is 19.4. The molecule has 2 N–H and O–H groups in total. The largest absolute Gasteiger partial charge is 0.496 e. The molecule has 2 aromatic heterocycles. The average Bonchev–Trinajstić information content (AvgIpc) is 3.38. The van der Waals surface area contributed by atoms with Crippen LogP contribution in [0.5, 0.6) is 5.75 Å². The van der Waals surface area contributed by atoms with Crippen molar-refractivity contribution in [2.45, 2.75) is 63.8 Å². The molecule has 3 aromatic rings. The smallest absolute Gasteiger partial charge is 0.354 e. The molecule has 0 radical (unpaired) electrons. The number of carboxylic acid groups (broad SMARTS) is 1. The summed E-state index contributed by atoms with van der Waals surface area (Å²) in [4.78, 5) is 21.6. The molecule has 7 heteroatoms. The van der Waals surface area contributed by atoms with Gasteiger partial charge in [-0.2, -0.15) is 0 Å². The molecule has 33 heavy (non-hydrogen) atoms. The van der Waals surface area contributed by atoms with Crippen LogP contribution in [0.15, 0.2) is 36.7 Å². The van der Waals surface area contributed by atoms with Gasteiger partial charge in [0.25, 0.3) is 0 Å². The Morgan fingerprint density at radius 2 is 2.21 bits per heavy atom. The summed E-state index contributed by atoms with van der Waals surface area (Å²) >= 11 is 0. The predicted molar refractivity (Wildman–Crippen MR) is 126 cm³/mol. The monoisotopic (exact) mass is 449 g/mol. The second-order valence-corrected chi connectivity index (χ2v) is 9.25. The number of pyridine rings is 1. The maximum atomic E-state index is 11.4. The van der Waals surface area contributed by atoms with Crippen LogP contribution in [0.3, 0.4) is 0 Å². The summed E-state index contributed by atoms with van der Waals surface area (Å²) in [6, 6.07) is 8.19. The molecule has 174 valence electrons. The Bertz CT molecular complexity index is 1170. The molecule has 2 saturated heterocycles. The number of nitrogens with one attached hydrogen (secondary N) is 1. The first kappa shape index (κ1) is 21.9. The third-order valence-electron chi connectivity index (χ3n) is 7.56. The van der Waals surface area contributed by atoms with Gasteiger partial charge in [-0.1, -0.05) is 6.07 Å². The molecular formula is C26H31N3O4. The summed E-state index contributed by atoms with van der Waals surface area (Å²) in [5.41, 5.74) is 4.38. The van der Waals surface area contributed by atoms with Gasteiger partial charge in [0.15, 0.2) is 0 Å². The van der Waals surface area contributed by atoms with Gasteiger partial charge in [0, 0.05) is 48.1 Å². The third kappa shape index (κ3) is 3.60. The Morgan fingerprint density at radius 3 is 2.91 bits per heavy atom. The van der Waals surface area contributed by atoms with Gasteiger partial charge in [0.05, 0.1) is 18.8 Å². The summed E-state index contributed by atoms with van der Waals surface area (Å²) in [5, 5.41) is 10.5. The van der Waals surface area contributed by atoms with Crippen LogP contribution in [0.1, 0.15) is 59.8 Å².